The van der Waals surface area contributed by atoms with Gasteiger partial charge >= 0.3 is 5.97 Å². The molecule has 1 aliphatic heterocycles. The van der Waals surface area contributed by atoms with Gasteiger partial charge < -0.3 is 20.5 Å². The minimum absolute atomic E-state index is 0.0160. The first-order valence-corrected chi connectivity index (χ1v) is 5.86. The standard InChI is InChI=1S/C11H16N4O4/c1-14-5-7(4-13-14)9(12)10(16)15-2-3-19-8(6-15)11(17)18/h4-5,8-9H,2-3,6,12H2,1H3,(H,17,18). The Bertz CT molecular complexity index is 487. The van der Waals surface area contributed by atoms with Crippen LogP contribution in [0.5, 0.6) is 0 Å². The first-order valence-electron chi connectivity index (χ1n) is 5.86. The van der Waals surface area contributed by atoms with Gasteiger partial charge in [-0.1, -0.05) is 0 Å². The lowest BCUT2D eigenvalue weighted by Gasteiger charge is -2.32. The molecular formula is C11H16N4O4. The minimum Gasteiger partial charge on any atom is -0.479 e. The topological polar surface area (TPSA) is 111 Å². The monoisotopic (exact) mass is 268 g/mol. The van der Waals surface area contributed by atoms with Gasteiger partial charge in [-0.3, -0.25) is 9.48 Å². The van der Waals surface area contributed by atoms with Gasteiger partial charge in [0.25, 0.3) is 0 Å². The zero-order valence-corrected chi connectivity index (χ0v) is 10.5. The molecule has 1 aromatic rings. The summed E-state index contributed by atoms with van der Waals surface area (Å²) in [7, 11) is 1.73. The second-order valence-electron chi connectivity index (χ2n) is 4.41. The van der Waals surface area contributed by atoms with Crippen molar-refractivity contribution >= 4 is 11.9 Å². The van der Waals surface area contributed by atoms with Crippen LogP contribution >= 0.6 is 0 Å². The van der Waals surface area contributed by atoms with Crippen LogP contribution in [-0.4, -0.2) is 57.5 Å². The Labute approximate surface area is 109 Å². The molecule has 2 unspecified atom stereocenters. The number of aliphatic carboxylic acids is 1. The van der Waals surface area contributed by atoms with Crippen molar-refractivity contribution in [1.29, 1.82) is 0 Å². The summed E-state index contributed by atoms with van der Waals surface area (Å²) in [6.07, 6.45) is 2.20. The molecule has 0 aliphatic carbocycles. The highest BCUT2D eigenvalue weighted by Crippen LogP contribution is 2.15. The molecule has 0 bridgehead atoms. The van der Waals surface area contributed by atoms with Crippen LogP contribution in [0.1, 0.15) is 11.6 Å². The summed E-state index contributed by atoms with van der Waals surface area (Å²) in [4.78, 5) is 24.5. The van der Waals surface area contributed by atoms with Gasteiger partial charge in [-0.05, 0) is 0 Å². The van der Waals surface area contributed by atoms with Crippen LogP contribution < -0.4 is 5.73 Å². The number of ether oxygens (including phenoxy) is 1. The molecule has 8 heteroatoms. The third-order valence-corrected chi connectivity index (χ3v) is 3.00. The summed E-state index contributed by atoms with van der Waals surface area (Å²) in [5, 5.41) is 12.8. The number of morpholine rings is 1. The van der Waals surface area contributed by atoms with E-state index in [2.05, 4.69) is 5.10 Å². The van der Waals surface area contributed by atoms with Crippen LogP contribution in [0, 0.1) is 0 Å². The molecule has 0 spiro atoms. The van der Waals surface area contributed by atoms with E-state index in [1.807, 2.05) is 0 Å². The summed E-state index contributed by atoms with van der Waals surface area (Å²) in [5.41, 5.74) is 6.47. The number of aromatic nitrogens is 2. The predicted octanol–water partition coefficient (Wildman–Crippen LogP) is -1.27. The average Bonchev–Trinajstić information content (AvgIpc) is 2.84. The van der Waals surface area contributed by atoms with Crippen LogP contribution in [0.3, 0.4) is 0 Å². The summed E-state index contributed by atoms with van der Waals surface area (Å²) >= 11 is 0. The highest BCUT2D eigenvalue weighted by atomic mass is 16.5. The molecule has 0 aromatic carbocycles. The van der Waals surface area contributed by atoms with E-state index in [0.29, 0.717) is 12.1 Å². The van der Waals surface area contributed by atoms with E-state index in [1.54, 1.807) is 17.9 Å². The van der Waals surface area contributed by atoms with E-state index < -0.39 is 18.1 Å². The molecule has 1 amide bonds. The molecular weight excluding hydrogens is 252 g/mol. The van der Waals surface area contributed by atoms with Crippen molar-refractivity contribution in [3.63, 3.8) is 0 Å². The van der Waals surface area contributed by atoms with Crippen LogP contribution in [0.25, 0.3) is 0 Å². The largest absolute Gasteiger partial charge is 0.479 e. The molecule has 0 radical (unpaired) electrons. The van der Waals surface area contributed by atoms with Crippen molar-refractivity contribution in [3.05, 3.63) is 18.0 Å². The smallest absolute Gasteiger partial charge is 0.334 e. The van der Waals surface area contributed by atoms with Crippen molar-refractivity contribution in [1.82, 2.24) is 14.7 Å². The molecule has 0 saturated carbocycles. The van der Waals surface area contributed by atoms with Gasteiger partial charge in [0.2, 0.25) is 5.91 Å². The summed E-state index contributed by atoms with van der Waals surface area (Å²) in [6.45, 7) is 0.557. The number of carbonyl (C=O) groups excluding carboxylic acids is 1. The molecule has 1 fully saturated rings. The van der Waals surface area contributed by atoms with Crippen LogP contribution in [-0.2, 0) is 21.4 Å². The average molecular weight is 268 g/mol. The van der Waals surface area contributed by atoms with Crippen molar-refractivity contribution in [2.45, 2.75) is 12.1 Å². The number of hydrogen-bond donors (Lipinski definition) is 2. The third kappa shape index (κ3) is 2.91. The Hall–Kier alpha value is -1.93. The van der Waals surface area contributed by atoms with Crippen molar-refractivity contribution in [2.24, 2.45) is 12.8 Å². The first-order chi connectivity index (χ1) is 8.99. The molecule has 2 rings (SSSR count). The number of nitrogens with two attached hydrogens (primary N) is 1. The molecule has 1 aromatic heterocycles. The molecule has 2 heterocycles. The van der Waals surface area contributed by atoms with Gasteiger partial charge in [-0.2, -0.15) is 5.10 Å². The molecule has 1 aliphatic rings. The van der Waals surface area contributed by atoms with E-state index in [0.717, 1.165) is 0 Å². The quantitative estimate of drug-likeness (QED) is 0.707. The number of aryl methyl sites for hydroxylation is 1. The Morgan fingerprint density at radius 2 is 2.37 bits per heavy atom. The summed E-state index contributed by atoms with van der Waals surface area (Å²) in [5.74, 6) is -1.39. The van der Waals surface area contributed by atoms with Crippen molar-refractivity contribution in [2.75, 3.05) is 19.7 Å². The maximum absolute atomic E-state index is 12.2. The Kier molecular flexibility index (Phi) is 3.82. The van der Waals surface area contributed by atoms with Gasteiger partial charge in [-0.15, -0.1) is 0 Å². The number of hydrogen-bond acceptors (Lipinski definition) is 5. The van der Waals surface area contributed by atoms with E-state index in [4.69, 9.17) is 15.6 Å². The Balaban J connectivity index is 2.04. The highest BCUT2D eigenvalue weighted by Gasteiger charge is 2.31. The predicted molar refractivity (Wildman–Crippen MR) is 64.1 cm³/mol. The van der Waals surface area contributed by atoms with E-state index in [-0.39, 0.29) is 19.1 Å². The Morgan fingerprint density at radius 3 is 2.95 bits per heavy atom. The van der Waals surface area contributed by atoms with Gasteiger partial charge in [0.05, 0.1) is 19.3 Å². The number of amides is 1. The molecule has 19 heavy (non-hydrogen) atoms. The second kappa shape index (κ2) is 5.37. The lowest BCUT2D eigenvalue weighted by molar-refractivity contribution is -0.159. The van der Waals surface area contributed by atoms with E-state index >= 15 is 0 Å². The zero-order valence-electron chi connectivity index (χ0n) is 10.5. The summed E-state index contributed by atoms with van der Waals surface area (Å²) < 4.78 is 6.62. The lowest BCUT2D eigenvalue weighted by Crippen LogP contribution is -2.50. The second-order valence-corrected chi connectivity index (χ2v) is 4.41. The fraction of sp³-hybridized carbons (Fsp3) is 0.545. The van der Waals surface area contributed by atoms with E-state index in [9.17, 15) is 9.59 Å². The highest BCUT2D eigenvalue weighted by molar-refractivity contribution is 5.84. The number of carboxylic acid groups (broad SMARTS) is 1. The van der Waals surface area contributed by atoms with Gasteiger partial charge in [0.1, 0.15) is 6.04 Å². The number of carbonyl (C=O) groups is 2. The van der Waals surface area contributed by atoms with E-state index in [1.165, 1.54) is 11.1 Å². The summed E-state index contributed by atoms with van der Waals surface area (Å²) in [6, 6.07) is -0.832. The van der Waals surface area contributed by atoms with Crippen molar-refractivity contribution < 1.29 is 19.4 Å². The van der Waals surface area contributed by atoms with Crippen LogP contribution in [0.4, 0.5) is 0 Å². The Morgan fingerprint density at radius 1 is 1.63 bits per heavy atom. The number of nitrogens with zero attached hydrogens (tertiary/aromatic N) is 3. The first kappa shape index (κ1) is 13.5. The van der Waals surface area contributed by atoms with Gasteiger partial charge in [-0.25, -0.2) is 4.79 Å². The van der Waals surface area contributed by atoms with Crippen LogP contribution in [0.15, 0.2) is 12.4 Å². The maximum atomic E-state index is 12.2. The molecule has 2 atom stereocenters. The minimum atomic E-state index is -1.08. The van der Waals surface area contributed by atoms with Crippen LogP contribution in [0.2, 0.25) is 0 Å². The SMILES string of the molecule is Cn1cc(C(N)C(=O)N2CCOC(C(=O)O)C2)cn1. The molecule has 3 N–H and O–H groups in total. The third-order valence-electron chi connectivity index (χ3n) is 3.00. The zero-order chi connectivity index (χ0) is 14.0. The number of rotatable bonds is 3. The molecule has 104 valence electrons. The lowest BCUT2D eigenvalue weighted by atomic mass is 10.1. The number of carboxylic acids is 1. The maximum Gasteiger partial charge on any atom is 0.334 e. The van der Waals surface area contributed by atoms with Crippen molar-refractivity contribution in [3.8, 4) is 0 Å². The molecule has 1 saturated heterocycles. The fourth-order valence-corrected chi connectivity index (χ4v) is 1.94. The normalized spacial score (nSPS) is 21.2. The van der Waals surface area contributed by atoms with Gasteiger partial charge in [0.15, 0.2) is 6.10 Å². The molecule has 8 nitrogen and oxygen atoms in total. The fourth-order valence-electron chi connectivity index (χ4n) is 1.94. The van der Waals surface area contributed by atoms with Gasteiger partial charge in [0, 0.05) is 25.4 Å².